The minimum absolute atomic E-state index is 0.00356. The summed E-state index contributed by atoms with van der Waals surface area (Å²) >= 11 is -1.09. The lowest BCUT2D eigenvalue weighted by atomic mass is 10.1. The Labute approximate surface area is 113 Å². The van der Waals surface area contributed by atoms with Crippen LogP contribution in [0.2, 0.25) is 0 Å². The van der Waals surface area contributed by atoms with Crippen LogP contribution in [0.4, 0.5) is 5.82 Å². The van der Waals surface area contributed by atoms with Gasteiger partial charge in [-0.2, -0.15) is 0 Å². The van der Waals surface area contributed by atoms with Crippen LogP contribution in [0.3, 0.4) is 0 Å². The lowest BCUT2D eigenvalue weighted by Gasteiger charge is -2.27. The van der Waals surface area contributed by atoms with Gasteiger partial charge in [-0.05, 0) is 33.8 Å². The second-order valence-corrected chi connectivity index (χ2v) is 7.53. The van der Waals surface area contributed by atoms with Gasteiger partial charge in [-0.25, -0.2) is 4.98 Å². The summed E-state index contributed by atoms with van der Waals surface area (Å²) in [6, 6.07) is 3.91. The molecule has 0 aliphatic heterocycles. The van der Waals surface area contributed by atoms with E-state index in [4.69, 9.17) is 0 Å². The third-order valence-electron chi connectivity index (χ3n) is 2.55. The zero-order chi connectivity index (χ0) is 13.9. The maximum absolute atomic E-state index is 12.1. The summed E-state index contributed by atoms with van der Waals surface area (Å²) < 4.78 is 15.0. The van der Waals surface area contributed by atoms with Crippen LogP contribution in [-0.2, 0) is 11.4 Å². The third-order valence-corrected chi connectivity index (χ3v) is 4.23. The minimum atomic E-state index is -1.09. The Morgan fingerprint density at radius 1 is 1.39 bits per heavy atom. The van der Waals surface area contributed by atoms with Gasteiger partial charge in [0.05, 0.1) is 6.04 Å². The van der Waals surface area contributed by atoms with Crippen LogP contribution < -0.4 is 9.62 Å². The van der Waals surface area contributed by atoms with Crippen molar-refractivity contribution in [2.75, 3.05) is 19.0 Å². The summed E-state index contributed by atoms with van der Waals surface area (Å²) in [6.45, 7) is 7.88. The van der Waals surface area contributed by atoms with Crippen LogP contribution in [0.5, 0.6) is 0 Å². The predicted octanol–water partition coefficient (Wildman–Crippen LogP) is 2.26. The molecule has 2 unspecified atom stereocenters. The SMILES string of the molecule is CC(N[S+]([O-])C(C)(C)C)c1cccnc1N(C)C. The van der Waals surface area contributed by atoms with Gasteiger partial charge >= 0.3 is 0 Å². The van der Waals surface area contributed by atoms with Gasteiger partial charge in [0, 0.05) is 37.2 Å². The highest BCUT2D eigenvalue weighted by Crippen LogP contribution is 2.24. The van der Waals surface area contributed by atoms with E-state index < -0.39 is 11.4 Å². The monoisotopic (exact) mass is 269 g/mol. The molecule has 0 saturated heterocycles. The first-order valence-corrected chi connectivity index (χ1v) is 7.18. The normalized spacial score (nSPS) is 15.3. The van der Waals surface area contributed by atoms with Crippen LogP contribution in [0.15, 0.2) is 18.3 Å². The second-order valence-electron chi connectivity index (χ2n) is 5.53. The van der Waals surface area contributed by atoms with Crippen molar-refractivity contribution in [3.8, 4) is 0 Å². The topological polar surface area (TPSA) is 51.2 Å². The lowest BCUT2D eigenvalue weighted by Crippen LogP contribution is -2.40. The van der Waals surface area contributed by atoms with E-state index in [-0.39, 0.29) is 10.8 Å². The van der Waals surface area contributed by atoms with Crippen LogP contribution in [-0.4, -0.2) is 28.4 Å². The van der Waals surface area contributed by atoms with Crippen molar-refractivity contribution in [1.82, 2.24) is 9.71 Å². The molecule has 1 aromatic rings. The molecular formula is C13H23N3OS. The van der Waals surface area contributed by atoms with Crippen molar-refractivity contribution in [3.63, 3.8) is 0 Å². The minimum Gasteiger partial charge on any atom is -0.598 e. The van der Waals surface area contributed by atoms with E-state index in [0.29, 0.717) is 0 Å². The average molecular weight is 269 g/mol. The highest BCUT2D eigenvalue weighted by molar-refractivity contribution is 7.90. The summed E-state index contributed by atoms with van der Waals surface area (Å²) in [5.41, 5.74) is 1.06. The third kappa shape index (κ3) is 3.86. The van der Waals surface area contributed by atoms with E-state index in [1.807, 2.05) is 58.8 Å². The van der Waals surface area contributed by atoms with E-state index in [2.05, 4.69) is 9.71 Å². The number of hydrogen-bond acceptors (Lipinski definition) is 4. The molecular weight excluding hydrogens is 246 g/mol. The number of nitrogens with one attached hydrogen (secondary N) is 1. The highest BCUT2D eigenvalue weighted by atomic mass is 32.2. The van der Waals surface area contributed by atoms with Crippen molar-refractivity contribution in [1.29, 1.82) is 0 Å². The Bertz CT molecular complexity index is 390. The molecule has 1 heterocycles. The van der Waals surface area contributed by atoms with Crippen molar-refractivity contribution in [2.24, 2.45) is 0 Å². The smallest absolute Gasteiger partial charge is 0.136 e. The van der Waals surface area contributed by atoms with Gasteiger partial charge in [0.15, 0.2) is 0 Å². The number of pyridine rings is 1. The molecule has 0 aliphatic rings. The first-order chi connectivity index (χ1) is 8.23. The highest BCUT2D eigenvalue weighted by Gasteiger charge is 2.29. The van der Waals surface area contributed by atoms with Crippen LogP contribution in [0, 0.1) is 0 Å². The molecule has 102 valence electrons. The Balaban J connectivity index is 2.88. The molecule has 0 radical (unpaired) electrons. The first-order valence-electron chi connectivity index (χ1n) is 6.03. The Kier molecular flexibility index (Phi) is 5.01. The summed E-state index contributed by atoms with van der Waals surface area (Å²) in [5, 5.41) is 0. The fourth-order valence-corrected chi connectivity index (χ4v) is 2.32. The van der Waals surface area contributed by atoms with Crippen LogP contribution in [0.25, 0.3) is 0 Å². The van der Waals surface area contributed by atoms with Gasteiger partial charge in [0.1, 0.15) is 10.6 Å². The summed E-state index contributed by atoms with van der Waals surface area (Å²) in [4.78, 5) is 6.32. The largest absolute Gasteiger partial charge is 0.598 e. The molecule has 2 atom stereocenters. The molecule has 18 heavy (non-hydrogen) atoms. The Morgan fingerprint density at radius 2 is 2.00 bits per heavy atom. The molecule has 0 saturated carbocycles. The Morgan fingerprint density at radius 3 is 2.50 bits per heavy atom. The van der Waals surface area contributed by atoms with Gasteiger partial charge in [-0.15, -0.1) is 4.72 Å². The number of rotatable bonds is 4. The van der Waals surface area contributed by atoms with Crippen molar-refractivity contribution < 1.29 is 4.55 Å². The van der Waals surface area contributed by atoms with E-state index in [0.717, 1.165) is 11.4 Å². The quantitative estimate of drug-likeness (QED) is 0.852. The maximum atomic E-state index is 12.1. The summed E-state index contributed by atoms with van der Waals surface area (Å²) in [6.07, 6.45) is 1.77. The molecule has 0 amide bonds. The molecule has 4 nitrogen and oxygen atoms in total. The zero-order valence-electron chi connectivity index (χ0n) is 12.0. The lowest BCUT2D eigenvalue weighted by molar-refractivity contribution is 0.531. The van der Waals surface area contributed by atoms with Crippen molar-refractivity contribution in [3.05, 3.63) is 23.9 Å². The molecule has 0 aromatic carbocycles. The molecule has 1 rings (SSSR count). The van der Waals surface area contributed by atoms with E-state index >= 15 is 0 Å². The number of hydrogen-bond donors (Lipinski definition) is 1. The molecule has 1 N–H and O–H groups in total. The Hall–Kier alpha value is -0.780. The van der Waals surface area contributed by atoms with E-state index in [1.54, 1.807) is 6.20 Å². The molecule has 0 bridgehead atoms. The van der Waals surface area contributed by atoms with E-state index in [1.165, 1.54) is 0 Å². The van der Waals surface area contributed by atoms with E-state index in [9.17, 15) is 4.55 Å². The fourth-order valence-electron chi connectivity index (χ4n) is 1.52. The number of anilines is 1. The molecule has 0 aliphatic carbocycles. The van der Waals surface area contributed by atoms with Crippen molar-refractivity contribution >= 4 is 17.2 Å². The molecule has 0 fully saturated rings. The summed E-state index contributed by atoms with van der Waals surface area (Å²) in [7, 11) is 3.92. The predicted molar refractivity (Wildman–Crippen MR) is 78.0 cm³/mol. The second kappa shape index (κ2) is 5.91. The molecule has 5 heteroatoms. The number of nitrogens with zero attached hydrogens (tertiary/aromatic N) is 2. The van der Waals surface area contributed by atoms with Gasteiger partial charge in [0.2, 0.25) is 0 Å². The van der Waals surface area contributed by atoms with Gasteiger partial charge in [0.25, 0.3) is 0 Å². The van der Waals surface area contributed by atoms with Gasteiger partial charge in [-0.3, -0.25) is 0 Å². The zero-order valence-corrected chi connectivity index (χ0v) is 12.8. The standard InChI is InChI=1S/C13H23N3OS/c1-10(15-18(17)13(2,3)4)11-8-7-9-14-12(11)16(5)6/h7-10,15H,1-6H3. The maximum Gasteiger partial charge on any atom is 0.136 e. The van der Waals surface area contributed by atoms with Crippen molar-refractivity contribution in [2.45, 2.75) is 38.5 Å². The van der Waals surface area contributed by atoms with Crippen LogP contribution >= 0.6 is 0 Å². The number of aromatic nitrogens is 1. The van der Waals surface area contributed by atoms with Gasteiger partial charge < -0.3 is 9.45 Å². The van der Waals surface area contributed by atoms with Gasteiger partial charge in [-0.1, -0.05) is 6.07 Å². The molecule has 0 spiro atoms. The average Bonchev–Trinajstić information content (AvgIpc) is 2.27. The summed E-state index contributed by atoms with van der Waals surface area (Å²) in [5.74, 6) is 0.906. The first kappa shape index (κ1) is 15.3. The fraction of sp³-hybridized carbons (Fsp3) is 0.615. The molecule has 1 aromatic heterocycles. The van der Waals surface area contributed by atoms with Crippen LogP contribution in [0.1, 0.15) is 39.3 Å².